The lowest BCUT2D eigenvalue weighted by Crippen LogP contribution is -2.22. The molecule has 33 heavy (non-hydrogen) atoms. The summed E-state index contributed by atoms with van der Waals surface area (Å²) in [6.07, 6.45) is 1.71. The van der Waals surface area contributed by atoms with Crippen LogP contribution in [0.5, 0.6) is 5.75 Å². The summed E-state index contributed by atoms with van der Waals surface area (Å²) < 4.78 is 13.6. The number of aromatic hydroxyl groups is 1. The summed E-state index contributed by atoms with van der Waals surface area (Å²) in [6, 6.07) is 15.9. The lowest BCUT2D eigenvalue weighted by Gasteiger charge is -2.09. The summed E-state index contributed by atoms with van der Waals surface area (Å²) >= 11 is 2.79. The molecule has 9 heteroatoms. The minimum absolute atomic E-state index is 0.189. The molecule has 164 valence electrons. The topological polar surface area (TPSA) is 91.3 Å². The molecule has 0 radical (unpaired) electrons. The number of hydrogen-bond acceptors (Lipinski definition) is 6. The van der Waals surface area contributed by atoms with Crippen molar-refractivity contribution in [1.29, 1.82) is 0 Å². The largest absolute Gasteiger partial charge is 0.508 e. The van der Waals surface area contributed by atoms with E-state index in [-0.39, 0.29) is 17.2 Å². The number of rotatable bonds is 4. The number of thiazole rings is 1. The molecule has 0 aliphatic carbocycles. The zero-order chi connectivity index (χ0) is 22.9. The van der Waals surface area contributed by atoms with Gasteiger partial charge in [0.25, 0.3) is 11.8 Å². The first-order valence-corrected chi connectivity index (χ1v) is 11.5. The zero-order valence-corrected chi connectivity index (χ0v) is 18.6. The maximum absolute atomic E-state index is 13.6. The van der Waals surface area contributed by atoms with Gasteiger partial charge in [-0.3, -0.25) is 9.59 Å². The van der Waals surface area contributed by atoms with Gasteiger partial charge in [0.2, 0.25) is 0 Å². The van der Waals surface area contributed by atoms with Crippen LogP contribution in [0, 0.1) is 5.82 Å². The van der Waals surface area contributed by atoms with Crippen molar-refractivity contribution in [1.82, 2.24) is 10.3 Å². The van der Waals surface area contributed by atoms with Crippen LogP contribution in [0.2, 0.25) is 0 Å². The van der Waals surface area contributed by atoms with E-state index in [0.29, 0.717) is 22.7 Å². The number of amides is 2. The highest BCUT2D eigenvalue weighted by molar-refractivity contribution is 7.99. The number of anilines is 1. The van der Waals surface area contributed by atoms with Crippen LogP contribution in [-0.2, 0) is 6.54 Å². The average molecular weight is 478 g/mol. The van der Waals surface area contributed by atoms with E-state index in [1.165, 1.54) is 35.2 Å². The monoisotopic (exact) mass is 477 g/mol. The zero-order valence-electron chi connectivity index (χ0n) is 17.0. The Kier molecular flexibility index (Phi) is 5.57. The molecule has 1 aromatic heterocycles. The first-order chi connectivity index (χ1) is 16.0. The number of carbonyl (C=O) groups excluding carboxylic acids is 2. The Morgan fingerprint density at radius 2 is 1.85 bits per heavy atom. The lowest BCUT2D eigenvalue weighted by atomic mass is 10.1. The van der Waals surface area contributed by atoms with Crippen LogP contribution in [0.3, 0.4) is 0 Å². The summed E-state index contributed by atoms with van der Waals surface area (Å²) in [5.74, 6) is -0.995. The fourth-order valence-electron chi connectivity index (χ4n) is 3.33. The Morgan fingerprint density at radius 3 is 2.67 bits per heavy atom. The molecule has 0 fully saturated rings. The fourth-order valence-corrected chi connectivity index (χ4v) is 5.18. The maximum atomic E-state index is 13.6. The average Bonchev–Trinajstić information content (AvgIpc) is 3.23. The highest BCUT2D eigenvalue weighted by Crippen LogP contribution is 2.39. The summed E-state index contributed by atoms with van der Waals surface area (Å²) in [5, 5.41) is 15.8. The SMILES string of the molecule is O=C(NCc1cnc(-c2ccc(O)cc2)s1)c1ccc2c(c1)NC(=O)c1cc(F)ccc1S2. The molecule has 4 aromatic rings. The van der Waals surface area contributed by atoms with Gasteiger partial charge < -0.3 is 15.7 Å². The second-order valence-corrected chi connectivity index (χ2v) is 9.47. The smallest absolute Gasteiger partial charge is 0.256 e. The molecule has 0 saturated heterocycles. The van der Waals surface area contributed by atoms with Gasteiger partial charge in [-0.15, -0.1) is 11.3 Å². The van der Waals surface area contributed by atoms with Gasteiger partial charge in [-0.2, -0.15) is 0 Å². The van der Waals surface area contributed by atoms with Crippen molar-refractivity contribution in [3.8, 4) is 16.3 Å². The van der Waals surface area contributed by atoms with Crippen LogP contribution >= 0.6 is 23.1 Å². The van der Waals surface area contributed by atoms with E-state index in [2.05, 4.69) is 15.6 Å². The molecule has 2 amide bonds. The summed E-state index contributed by atoms with van der Waals surface area (Å²) in [5.41, 5.74) is 2.05. The van der Waals surface area contributed by atoms with Crippen LogP contribution in [0.25, 0.3) is 10.6 Å². The van der Waals surface area contributed by atoms with Crippen LogP contribution in [0.1, 0.15) is 25.6 Å². The Bertz CT molecular complexity index is 1390. The standard InChI is InChI=1S/C24H16FN3O3S2/c25-15-4-8-20-18(10-15)23(31)28-19-9-14(3-7-21(19)33-20)22(30)26-11-17-12-27-24(32-17)13-1-5-16(29)6-2-13/h1-10,12,29H,11H2,(H,26,30)(H,28,31). The van der Waals surface area contributed by atoms with Crippen molar-refractivity contribution in [3.63, 3.8) is 0 Å². The summed E-state index contributed by atoms with van der Waals surface area (Å²) in [7, 11) is 0. The van der Waals surface area contributed by atoms with Crippen molar-refractivity contribution in [2.45, 2.75) is 16.3 Å². The number of phenols is 1. The van der Waals surface area contributed by atoms with Gasteiger partial charge in [-0.1, -0.05) is 11.8 Å². The normalized spacial score (nSPS) is 12.3. The molecule has 5 rings (SSSR count). The van der Waals surface area contributed by atoms with Crippen LogP contribution in [0.15, 0.2) is 76.7 Å². The van der Waals surface area contributed by atoms with E-state index in [0.717, 1.165) is 20.3 Å². The van der Waals surface area contributed by atoms with Gasteiger partial charge in [0.15, 0.2) is 0 Å². The van der Waals surface area contributed by atoms with Crippen molar-refractivity contribution < 1.29 is 19.1 Å². The third-order valence-corrected chi connectivity index (χ3v) is 7.19. The quantitative estimate of drug-likeness (QED) is 0.371. The minimum atomic E-state index is -0.479. The number of aromatic nitrogens is 1. The minimum Gasteiger partial charge on any atom is -0.508 e. The van der Waals surface area contributed by atoms with Crippen molar-refractivity contribution in [3.05, 3.63) is 88.7 Å². The van der Waals surface area contributed by atoms with Crippen LogP contribution in [0.4, 0.5) is 10.1 Å². The van der Waals surface area contributed by atoms with E-state index < -0.39 is 11.7 Å². The van der Waals surface area contributed by atoms with Gasteiger partial charge in [-0.25, -0.2) is 9.37 Å². The first-order valence-electron chi connectivity index (χ1n) is 9.91. The molecular weight excluding hydrogens is 461 g/mol. The maximum Gasteiger partial charge on any atom is 0.256 e. The molecule has 0 saturated carbocycles. The van der Waals surface area contributed by atoms with E-state index in [1.807, 2.05) is 0 Å². The van der Waals surface area contributed by atoms with Crippen molar-refractivity contribution in [2.75, 3.05) is 5.32 Å². The molecular formula is C24H16FN3O3S2. The summed E-state index contributed by atoms with van der Waals surface area (Å²) in [6.45, 7) is 0.303. The molecule has 1 aliphatic heterocycles. The Hall–Kier alpha value is -3.69. The predicted octanol–water partition coefficient (Wildman–Crippen LogP) is 5.30. The number of nitrogens with one attached hydrogen (secondary N) is 2. The van der Waals surface area contributed by atoms with Crippen LogP contribution < -0.4 is 10.6 Å². The van der Waals surface area contributed by atoms with Gasteiger partial charge in [0.1, 0.15) is 16.6 Å². The van der Waals surface area contributed by atoms with Crippen LogP contribution in [-0.4, -0.2) is 21.9 Å². The predicted molar refractivity (Wildman–Crippen MR) is 125 cm³/mol. The Morgan fingerprint density at radius 1 is 1.06 bits per heavy atom. The molecule has 6 nitrogen and oxygen atoms in total. The van der Waals surface area contributed by atoms with E-state index in [9.17, 15) is 19.1 Å². The molecule has 3 aromatic carbocycles. The highest BCUT2D eigenvalue weighted by Gasteiger charge is 2.21. The second-order valence-electron chi connectivity index (χ2n) is 7.27. The Balaban J connectivity index is 1.29. The van der Waals surface area contributed by atoms with Gasteiger partial charge in [0, 0.05) is 32.0 Å². The molecule has 1 aliphatic rings. The third-order valence-electron chi connectivity index (χ3n) is 4.99. The van der Waals surface area contributed by atoms with Crippen molar-refractivity contribution in [2.24, 2.45) is 0 Å². The van der Waals surface area contributed by atoms with E-state index in [4.69, 9.17) is 0 Å². The van der Waals surface area contributed by atoms with Gasteiger partial charge in [-0.05, 0) is 60.7 Å². The number of nitrogens with zero attached hydrogens (tertiary/aromatic N) is 1. The van der Waals surface area contributed by atoms with E-state index in [1.54, 1.807) is 54.7 Å². The number of benzene rings is 3. The summed E-state index contributed by atoms with van der Waals surface area (Å²) in [4.78, 5) is 31.9. The Labute approximate surface area is 196 Å². The molecule has 3 N–H and O–H groups in total. The van der Waals surface area contributed by atoms with Gasteiger partial charge >= 0.3 is 0 Å². The fraction of sp³-hybridized carbons (Fsp3) is 0.0417. The molecule has 0 spiro atoms. The lowest BCUT2D eigenvalue weighted by molar-refractivity contribution is 0.0949. The number of hydrogen-bond donors (Lipinski definition) is 3. The first kappa shape index (κ1) is 21.2. The van der Waals surface area contributed by atoms with Crippen molar-refractivity contribution >= 4 is 40.6 Å². The number of phenolic OH excluding ortho intramolecular Hbond substituents is 1. The molecule has 0 bridgehead atoms. The number of carbonyl (C=O) groups is 2. The number of fused-ring (bicyclic) bond motifs is 2. The van der Waals surface area contributed by atoms with Gasteiger partial charge in [0.05, 0.1) is 17.8 Å². The number of halogens is 1. The molecule has 2 heterocycles. The second kappa shape index (κ2) is 8.68. The van der Waals surface area contributed by atoms with E-state index >= 15 is 0 Å². The molecule has 0 atom stereocenters. The third kappa shape index (κ3) is 4.46. The highest BCUT2D eigenvalue weighted by atomic mass is 32.2. The molecule has 0 unspecified atom stereocenters.